The molecular weight excluding hydrogens is 228 g/mol. The summed E-state index contributed by atoms with van der Waals surface area (Å²) >= 11 is 0. The lowest BCUT2D eigenvalue weighted by molar-refractivity contribution is -0.118. The molecule has 18 heavy (non-hydrogen) atoms. The van der Waals surface area contributed by atoms with Crippen LogP contribution in [0.5, 0.6) is 5.75 Å². The van der Waals surface area contributed by atoms with Gasteiger partial charge in [0.2, 0.25) is 5.91 Å². The van der Waals surface area contributed by atoms with Gasteiger partial charge in [0.05, 0.1) is 18.7 Å². The number of hydrogen-bond donors (Lipinski definition) is 1. The van der Waals surface area contributed by atoms with E-state index < -0.39 is 0 Å². The van der Waals surface area contributed by atoms with Crippen molar-refractivity contribution >= 4 is 11.6 Å². The van der Waals surface area contributed by atoms with Crippen molar-refractivity contribution in [2.24, 2.45) is 5.73 Å². The molecule has 0 unspecified atom stereocenters. The van der Waals surface area contributed by atoms with E-state index in [-0.39, 0.29) is 11.3 Å². The number of hydrogen-bond acceptors (Lipinski definition) is 3. The third kappa shape index (κ3) is 2.20. The van der Waals surface area contributed by atoms with E-state index in [0.717, 1.165) is 17.0 Å². The summed E-state index contributed by atoms with van der Waals surface area (Å²) in [5.74, 6) is 0.844. The van der Waals surface area contributed by atoms with Crippen molar-refractivity contribution in [2.45, 2.75) is 25.7 Å². The van der Waals surface area contributed by atoms with Gasteiger partial charge in [0.15, 0.2) is 0 Å². The fourth-order valence-corrected chi connectivity index (χ4v) is 1.99. The molecule has 4 heteroatoms. The van der Waals surface area contributed by atoms with E-state index in [4.69, 9.17) is 10.5 Å². The molecule has 0 spiro atoms. The number of nitrogens with zero attached hydrogens (tertiary/aromatic N) is 1. The van der Waals surface area contributed by atoms with Gasteiger partial charge in [-0.3, -0.25) is 4.79 Å². The van der Waals surface area contributed by atoms with E-state index in [9.17, 15) is 4.79 Å². The van der Waals surface area contributed by atoms with Crippen LogP contribution in [-0.2, 0) is 10.2 Å². The first-order chi connectivity index (χ1) is 8.45. The van der Waals surface area contributed by atoms with Crippen LogP contribution in [0.25, 0.3) is 0 Å². The molecule has 1 aromatic carbocycles. The Balaban J connectivity index is 2.47. The lowest BCUT2D eigenvalue weighted by Gasteiger charge is -2.25. The molecule has 1 aromatic rings. The minimum atomic E-state index is -0.106. The summed E-state index contributed by atoms with van der Waals surface area (Å²) in [5.41, 5.74) is 7.64. The summed E-state index contributed by atoms with van der Waals surface area (Å²) in [7, 11) is 1.79. The summed E-state index contributed by atoms with van der Waals surface area (Å²) in [5, 5.41) is 0. The van der Waals surface area contributed by atoms with Gasteiger partial charge in [-0.05, 0) is 17.7 Å². The van der Waals surface area contributed by atoms with Gasteiger partial charge < -0.3 is 15.4 Å². The van der Waals surface area contributed by atoms with Crippen LogP contribution in [0.1, 0.15) is 25.8 Å². The Bertz CT molecular complexity index is 469. The van der Waals surface area contributed by atoms with Gasteiger partial charge in [-0.25, -0.2) is 0 Å². The molecule has 98 valence electrons. The highest BCUT2D eigenvalue weighted by Gasteiger charge is 2.24. The molecule has 0 saturated heterocycles. The molecule has 4 nitrogen and oxygen atoms in total. The van der Waals surface area contributed by atoms with E-state index >= 15 is 0 Å². The maximum absolute atomic E-state index is 11.8. The molecule has 1 amide bonds. The predicted octanol–water partition coefficient (Wildman–Crippen LogP) is 1.67. The highest BCUT2D eigenvalue weighted by Crippen LogP contribution is 2.35. The number of fused-ring (bicyclic) bond motifs is 1. The molecule has 0 atom stereocenters. The number of ether oxygens (including phenoxy) is 1. The minimum Gasteiger partial charge on any atom is -0.491 e. The zero-order valence-electron chi connectivity index (χ0n) is 11.2. The molecule has 2 rings (SSSR count). The molecule has 2 N–H and O–H groups in total. The van der Waals surface area contributed by atoms with Gasteiger partial charge >= 0.3 is 0 Å². The van der Waals surface area contributed by atoms with Crippen LogP contribution >= 0.6 is 0 Å². The van der Waals surface area contributed by atoms with Crippen molar-refractivity contribution in [2.75, 3.05) is 25.1 Å². The van der Waals surface area contributed by atoms with E-state index in [2.05, 4.69) is 13.8 Å². The maximum atomic E-state index is 11.8. The summed E-state index contributed by atoms with van der Waals surface area (Å²) in [6.07, 6.45) is 0.417. The number of amides is 1. The van der Waals surface area contributed by atoms with Crippen molar-refractivity contribution in [3.63, 3.8) is 0 Å². The van der Waals surface area contributed by atoms with Crippen LogP contribution in [0.3, 0.4) is 0 Å². The van der Waals surface area contributed by atoms with E-state index in [1.54, 1.807) is 11.9 Å². The van der Waals surface area contributed by atoms with Crippen molar-refractivity contribution < 1.29 is 9.53 Å². The Labute approximate surface area is 108 Å². The molecule has 0 bridgehead atoms. The molecule has 1 aliphatic rings. The van der Waals surface area contributed by atoms with Crippen LogP contribution < -0.4 is 15.4 Å². The SMILES string of the molecule is CN1C(=O)CCOc2ccc(C(C)(C)CN)cc21. The fraction of sp³-hybridized carbons (Fsp3) is 0.500. The smallest absolute Gasteiger partial charge is 0.230 e. The first-order valence-electron chi connectivity index (χ1n) is 6.19. The average molecular weight is 248 g/mol. The molecule has 0 aliphatic carbocycles. The summed E-state index contributed by atoms with van der Waals surface area (Å²) in [4.78, 5) is 13.5. The molecule has 1 aliphatic heterocycles. The van der Waals surface area contributed by atoms with Gasteiger partial charge in [0.1, 0.15) is 5.75 Å². The van der Waals surface area contributed by atoms with E-state index in [0.29, 0.717) is 19.6 Å². The lowest BCUT2D eigenvalue weighted by Crippen LogP contribution is -2.29. The monoisotopic (exact) mass is 248 g/mol. The van der Waals surface area contributed by atoms with Crippen molar-refractivity contribution in [1.82, 2.24) is 0 Å². The second kappa shape index (κ2) is 4.61. The first kappa shape index (κ1) is 12.9. The zero-order chi connectivity index (χ0) is 13.3. The molecule has 0 radical (unpaired) electrons. The third-order valence-electron chi connectivity index (χ3n) is 3.56. The van der Waals surface area contributed by atoms with Gasteiger partial charge in [-0.1, -0.05) is 19.9 Å². The fourth-order valence-electron chi connectivity index (χ4n) is 1.99. The number of carbonyl (C=O) groups excluding carboxylic acids is 1. The highest BCUT2D eigenvalue weighted by atomic mass is 16.5. The van der Waals surface area contributed by atoms with Crippen molar-refractivity contribution in [1.29, 1.82) is 0 Å². The molecule has 0 aromatic heterocycles. The topological polar surface area (TPSA) is 55.6 Å². The Kier molecular flexibility index (Phi) is 3.30. The number of nitrogens with two attached hydrogens (primary N) is 1. The summed E-state index contributed by atoms with van der Waals surface area (Å²) in [6.45, 7) is 5.18. The van der Waals surface area contributed by atoms with Gasteiger partial charge in [0, 0.05) is 19.0 Å². The minimum absolute atomic E-state index is 0.0801. The third-order valence-corrected chi connectivity index (χ3v) is 3.56. The number of anilines is 1. The second-order valence-corrected chi connectivity index (χ2v) is 5.32. The highest BCUT2D eigenvalue weighted by molar-refractivity contribution is 5.95. The summed E-state index contributed by atoms with van der Waals surface area (Å²) in [6, 6.07) is 5.96. The zero-order valence-corrected chi connectivity index (χ0v) is 11.2. The first-order valence-corrected chi connectivity index (χ1v) is 6.19. The second-order valence-electron chi connectivity index (χ2n) is 5.32. The van der Waals surface area contributed by atoms with Crippen molar-refractivity contribution in [3.8, 4) is 5.75 Å². The number of benzene rings is 1. The molecular formula is C14H20N2O2. The normalized spacial score (nSPS) is 16.0. The number of rotatable bonds is 2. The Hall–Kier alpha value is -1.55. The average Bonchev–Trinajstić information content (AvgIpc) is 2.50. The van der Waals surface area contributed by atoms with Crippen molar-refractivity contribution in [3.05, 3.63) is 23.8 Å². The molecule has 0 saturated carbocycles. The van der Waals surface area contributed by atoms with Gasteiger partial charge in [-0.2, -0.15) is 0 Å². The van der Waals surface area contributed by atoms with Gasteiger partial charge in [0.25, 0.3) is 0 Å². The van der Waals surface area contributed by atoms with Crippen LogP contribution in [0.4, 0.5) is 5.69 Å². The predicted molar refractivity (Wildman–Crippen MR) is 72.0 cm³/mol. The summed E-state index contributed by atoms with van der Waals surface area (Å²) < 4.78 is 5.60. The van der Waals surface area contributed by atoms with E-state index in [1.807, 2.05) is 18.2 Å². The largest absolute Gasteiger partial charge is 0.491 e. The van der Waals surface area contributed by atoms with Crippen LogP contribution in [0.15, 0.2) is 18.2 Å². The Morgan fingerprint density at radius 1 is 1.44 bits per heavy atom. The molecule has 0 fully saturated rings. The maximum Gasteiger partial charge on any atom is 0.230 e. The Morgan fingerprint density at radius 3 is 2.83 bits per heavy atom. The van der Waals surface area contributed by atoms with Crippen LogP contribution in [-0.4, -0.2) is 26.1 Å². The molecule has 1 heterocycles. The Morgan fingerprint density at radius 2 is 2.17 bits per heavy atom. The quantitative estimate of drug-likeness (QED) is 0.866. The number of carbonyl (C=O) groups is 1. The van der Waals surface area contributed by atoms with Crippen LogP contribution in [0, 0.1) is 0 Å². The van der Waals surface area contributed by atoms with E-state index in [1.165, 1.54) is 0 Å². The standard InChI is InChI=1S/C14H20N2O2/c1-14(2,9-15)10-4-5-12-11(8-10)16(3)13(17)6-7-18-12/h4-5,8H,6-7,9,15H2,1-3H3. The van der Waals surface area contributed by atoms with Gasteiger partial charge in [-0.15, -0.1) is 0 Å². The van der Waals surface area contributed by atoms with Crippen LogP contribution in [0.2, 0.25) is 0 Å². The lowest BCUT2D eigenvalue weighted by atomic mass is 9.84.